The molecule has 2 aromatic carbocycles. The average Bonchev–Trinajstić information content (AvgIpc) is 2.94. The van der Waals surface area contributed by atoms with Gasteiger partial charge < -0.3 is 5.32 Å². The number of benzene rings is 2. The molecule has 0 bridgehead atoms. The molecule has 2 aromatic rings. The Bertz CT molecular complexity index is 945. The fraction of sp³-hybridized carbons (Fsp3) is 0.222. The van der Waals surface area contributed by atoms with Gasteiger partial charge in [0.2, 0.25) is 10.0 Å². The van der Waals surface area contributed by atoms with Crippen molar-refractivity contribution < 1.29 is 18.0 Å². The Morgan fingerprint density at radius 3 is 1.88 bits per heavy atom. The number of hydrogen-bond donors (Lipinski definition) is 1. The van der Waals surface area contributed by atoms with Gasteiger partial charge in [-0.3, -0.25) is 9.59 Å². The second kappa shape index (κ2) is 6.31. The Labute approximate surface area is 151 Å². The van der Waals surface area contributed by atoms with Gasteiger partial charge in [-0.25, -0.2) is 13.3 Å². The molecule has 2 aliphatic heterocycles. The molecule has 2 amide bonds. The second-order valence-corrected chi connectivity index (χ2v) is 8.08. The van der Waals surface area contributed by atoms with E-state index in [4.69, 9.17) is 0 Å². The molecule has 0 atom stereocenters. The minimum atomic E-state index is -3.58. The normalized spacial score (nSPS) is 18.2. The molecule has 1 saturated heterocycles. The lowest BCUT2D eigenvalue weighted by atomic mass is 10.1. The quantitative estimate of drug-likeness (QED) is 0.816. The van der Waals surface area contributed by atoms with Gasteiger partial charge in [0.15, 0.2) is 0 Å². The lowest BCUT2D eigenvalue weighted by Gasteiger charge is -2.26. The number of rotatable bonds is 3. The predicted molar refractivity (Wildman–Crippen MR) is 95.7 cm³/mol. The second-order valence-electron chi connectivity index (χ2n) is 6.14. The highest BCUT2D eigenvalue weighted by molar-refractivity contribution is 7.89. The highest BCUT2D eigenvalue weighted by atomic mass is 32.2. The van der Waals surface area contributed by atoms with Gasteiger partial charge in [0, 0.05) is 26.2 Å². The van der Waals surface area contributed by atoms with E-state index in [0.29, 0.717) is 43.0 Å². The van der Waals surface area contributed by atoms with Crippen molar-refractivity contribution in [1.29, 1.82) is 0 Å². The van der Waals surface area contributed by atoms with Crippen molar-refractivity contribution in [3.05, 3.63) is 59.7 Å². The highest BCUT2D eigenvalue weighted by Crippen LogP contribution is 2.29. The van der Waals surface area contributed by atoms with Gasteiger partial charge in [-0.05, 0) is 36.4 Å². The summed E-state index contributed by atoms with van der Waals surface area (Å²) in [4.78, 5) is 26.2. The van der Waals surface area contributed by atoms with Crippen LogP contribution in [0.15, 0.2) is 53.4 Å². The summed E-state index contributed by atoms with van der Waals surface area (Å²) >= 11 is 0. The molecule has 1 N–H and O–H groups in total. The van der Waals surface area contributed by atoms with Crippen LogP contribution < -0.4 is 10.2 Å². The van der Waals surface area contributed by atoms with E-state index in [1.54, 1.807) is 24.3 Å². The van der Waals surface area contributed by atoms with Crippen LogP contribution in [-0.4, -0.2) is 50.7 Å². The van der Waals surface area contributed by atoms with Crippen LogP contribution in [0, 0.1) is 0 Å². The van der Waals surface area contributed by atoms with Crippen LogP contribution in [0.4, 0.5) is 5.69 Å². The number of carbonyl (C=O) groups excluding carboxylic acids is 2. The molecule has 0 unspecified atom stereocenters. The summed E-state index contributed by atoms with van der Waals surface area (Å²) in [6.45, 7) is 2.07. The molecule has 26 heavy (non-hydrogen) atoms. The van der Waals surface area contributed by atoms with Gasteiger partial charge in [0.05, 0.1) is 21.7 Å². The van der Waals surface area contributed by atoms with E-state index in [2.05, 4.69) is 5.32 Å². The maximum absolute atomic E-state index is 12.7. The van der Waals surface area contributed by atoms with Gasteiger partial charge in [0.25, 0.3) is 11.8 Å². The lowest BCUT2D eigenvalue weighted by Crippen LogP contribution is -2.46. The van der Waals surface area contributed by atoms with Crippen LogP contribution in [0.5, 0.6) is 0 Å². The van der Waals surface area contributed by atoms with Gasteiger partial charge in [-0.1, -0.05) is 12.1 Å². The van der Waals surface area contributed by atoms with Crippen LogP contribution in [0.1, 0.15) is 20.7 Å². The largest absolute Gasteiger partial charge is 0.314 e. The van der Waals surface area contributed by atoms with Crippen molar-refractivity contribution in [1.82, 2.24) is 9.62 Å². The first kappa shape index (κ1) is 16.9. The van der Waals surface area contributed by atoms with Gasteiger partial charge >= 0.3 is 0 Å². The molecule has 7 nitrogen and oxygen atoms in total. The van der Waals surface area contributed by atoms with Crippen LogP contribution in [-0.2, 0) is 10.0 Å². The molecule has 4 rings (SSSR count). The molecule has 2 heterocycles. The Hall–Kier alpha value is -2.55. The molecule has 0 aromatic heterocycles. The lowest BCUT2D eigenvalue weighted by molar-refractivity contribution is 0.0926. The number of hydrogen-bond acceptors (Lipinski definition) is 5. The van der Waals surface area contributed by atoms with Gasteiger partial charge in [-0.15, -0.1) is 0 Å². The van der Waals surface area contributed by atoms with Crippen molar-refractivity contribution in [3.63, 3.8) is 0 Å². The smallest absolute Gasteiger partial charge is 0.266 e. The van der Waals surface area contributed by atoms with Crippen molar-refractivity contribution in [2.45, 2.75) is 4.90 Å². The van der Waals surface area contributed by atoms with Crippen molar-refractivity contribution in [2.24, 2.45) is 0 Å². The molecule has 134 valence electrons. The minimum absolute atomic E-state index is 0.153. The van der Waals surface area contributed by atoms with E-state index in [-0.39, 0.29) is 4.90 Å². The fourth-order valence-electron chi connectivity index (χ4n) is 3.22. The number of nitrogens with one attached hydrogen (secondary N) is 1. The first-order valence-electron chi connectivity index (χ1n) is 8.29. The molecule has 8 heteroatoms. The Morgan fingerprint density at radius 1 is 0.808 bits per heavy atom. The monoisotopic (exact) mass is 371 g/mol. The fourth-order valence-corrected chi connectivity index (χ4v) is 4.67. The first-order valence-corrected chi connectivity index (χ1v) is 9.73. The van der Waals surface area contributed by atoms with Crippen molar-refractivity contribution >= 4 is 27.5 Å². The zero-order valence-electron chi connectivity index (χ0n) is 13.9. The third kappa shape index (κ3) is 2.63. The van der Waals surface area contributed by atoms with Crippen molar-refractivity contribution in [2.75, 3.05) is 31.1 Å². The standard InChI is InChI=1S/C18H17N3O4S/c22-17-15-3-1-2-4-16(15)18(23)21(17)13-5-7-14(8-6-13)26(24,25)20-11-9-19-10-12-20/h1-8,19H,9-12H2. The Kier molecular flexibility index (Phi) is 4.10. The van der Waals surface area contributed by atoms with Gasteiger partial charge in [-0.2, -0.15) is 4.31 Å². The SMILES string of the molecule is O=C1c2ccccc2C(=O)N1c1ccc(S(=O)(=O)N2CCNCC2)cc1. The number of nitrogens with zero attached hydrogens (tertiary/aromatic N) is 2. The molecule has 1 fully saturated rings. The minimum Gasteiger partial charge on any atom is -0.314 e. The molecule has 0 spiro atoms. The number of amides is 2. The van der Waals surface area contributed by atoms with E-state index >= 15 is 0 Å². The summed E-state index contributed by atoms with van der Waals surface area (Å²) in [7, 11) is -3.58. The summed E-state index contributed by atoms with van der Waals surface area (Å²) in [5.74, 6) is -0.799. The van der Waals surface area contributed by atoms with Crippen LogP contribution >= 0.6 is 0 Å². The van der Waals surface area contributed by atoms with Crippen LogP contribution in [0.3, 0.4) is 0 Å². The maximum atomic E-state index is 12.7. The molecule has 2 aliphatic rings. The molecule has 0 aliphatic carbocycles. The Morgan fingerprint density at radius 2 is 1.35 bits per heavy atom. The maximum Gasteiger partial charge on any atom is 0.266 e. The first-order chi connectivity index (χ1) is 12.5. The van der Waals surface area contributed by atoms with Crippen molar-refractivity contribution in [3.8, 4) is 0 Å². The highest BCUT2D eigenvalue weighted by Gasteiger charge is 2.36. The molecule has 0 radical (unpaired) electrons. The third-order valence-electron chi connectivity index (χ3n) is 4.60. The number of fused-ring (bicyclic) bond motifs is 1. The number of piperazine rings is 1. The summed E-state index contributed by atoms with van der Waals surface area (Å²) in [5.41, 5.74) is 1.07. The molecular weight excluding hydrogens is 354 g/mol. The van der Waals surface area contributed by atoms with E-state index in [9.17, 15) is 18.0 Å². The number of anilines is 1. The average molecular weight is 371 g/mol. The van der Waals surface area contributed by atoms with E-state index in [0.717, 1.165) is 4.90 Å². The topological polar surface area (TPSA) is 86.8 Å². The van der Waals surface area contributed by atoms with E-state index in [1.807, 2.05) is 0 Å². The predicted octanol–water partition coefficient (Wildman–Crippen LogP) is 1.08. The number of imide groups is 1. The van der Waals surface area contributed by atoms with Crippen LogP contribution in [0.2, 0.25) is 0 Å². The van der Waals surface area contributed by atoms with Gasteiger partial charge in [0.1, 0.15) is 0 Å². The number of carbonyl (C=O) groups is 2. The third-order valence-corrected chi connectivity index (χ3v) is 6.52. The molecular formula is C18H17N3O4S. The zero-order valence-corrected chi connectivity index (χ0v) is 14.7. The number of sulfonamides is 1. The zero-order chi connectivity index (χ0) is 18.3. The summed E-state index contributed by atoms with van der Waals surface area (Å²) in [6, 6.07) is 12.5. The summed E-state index contributed by atoms with van der Waals surface area (Å²) in [5, 5.41) is 3.12. The molecule has 0 saturated carbocycles. The summed E-state index contributed by atoms with van der Waals surface area (Å²) in [6.07, 6.45) is 0. The van der Waals surface area contributed by atoms with E-state index in [1.165, 1.54) is 28.6 Å². The van der Waals surface area contributed by atoms with E-state index < -0.39 is 21.8 Å². The van der Waals surface area contributed by atoms with Crippen LogP contribution in [0.25, 0.3) is 0 Å². The Balaban J connectivity index is 1.63. The summed E-state index contributed by atoms with van der Waals surface area (Å²) < 4.78 is 26.8.